The number of benzene rings is 1. The van der Waals surface area contributed by atoms with Crippen molar-refractivity contribution in [1.82, 2.24) is 4.90 Å². The fraction of sp³-hybridized carbons (Fsp3) is 0.571. The molecule has 2 N–H and O–H groups in total. The molecule has 0 fully saturated rings. The van der Waals surface area contributed by atoms with E-state index in [-0.39, 0.29) is 0 Å². The number of hydrogen-bond donors (Lipinski definition) is 1. The second-order valence-corrected chi connectivity index (χ2v) is 4.41. The second kappa shape index (κ2) is 7.24. The van der Waals surface area contributed by atoms with Crippen LogP contribution in [0.1, 0.15) is 24.9 Å². The highest BCUT2D eigenvalue weighted by atomic mass is 16.5. The summed E-state index contributed by atoms with van der Waals surface area (Å²) in [6.45, 7) is 3.90. The van der Waals surface area contributed by atoms with E-state index in [2.05, 4.69) is 24.9 Å². The number of nitrogens with zero attached hydrogens (tertiary/aromatic N) is 1. The Morgan fingerprint density at radius 2 is 1.89 bits per heavy atom. The first-order chi connectivity index (χ1) is 8.63. The van der Waals surface area contributed by atoms with Crippen molar-refractivity contribution in [3.63, 3.8) is 0 Å². The van der Waals surface area contributed by atoms with E-state index in [4.69, 9.17) is 15.2 Å². The maximum atomic E-state index is 5.54. The summed E-state index contributed by atoms with van der Waals surface area (Å²) in [5.41, 5.74) is 6.75. The molecule has 4 nitrogen and oxygen atoms in total. The van der Waals surface area contributed by atoms with Gasteiger partial charge in [-0.2, -0.15) is 0 Å². The minimum Gasteiger partial charge on any atom is -0.493 e. The highest BCUT2D eigenvalue weighted by Crippen LogP contribution is 2.31. The molecule has 0 aromatic heterocycles. The van der Waals surface area contributed by atoms with Crippen LogP contribution in [0.5, 0.6) is 11.5 Å². The predicted molar refractivity (Wildman–Crippen MR) is 74.3 cm³/mol. The summed E-state index contributed by atoms with van der Waals surface area (Å²) < 4.78 is 10.6. The molecule has 0 bridgehead atoms. The van der Waals surface area contributed by atoms with E-state index in [1.807, 2.05) is 12.1 Å². The van der Waals surface area contributed by atoms with Crippen LogP contribution in [0.15, 0.2) is 18.2 Å². The molecular weight excluding hydrogens is 228 g/mol. The first-order valence-corrected chi connectivity index (χ1v) is 6.26. The van der Waals surface area contributed by atoms with Crippen molar-refractivity contribution < 1.29 is 9.47 Å². The molecule has 0 aliphatic rings. The Labute approximate surface area is 110 Å². The summed E-state index contributed by atoms with van der Waals surface area (Å²) in [6, 6.07) is 6.38. The van der Waals surface area contributed by atoms with Crippen molar-refractivity contribution in [3.8, 4) is 11.5 Å². The van der Waals surface area contributed by atoms with Crippen molar-refractivity contribution in [3.05, 3.63) is 23.8 Å². The molecule has 0 aliphatic heterocycles. The van der Waals surface area contributed by atoms with E-state index in [1.54, 1.807) is 14.2 Å². The molecule has 102 valence electrons. The van der Waals surface area contributed by atoms with Crippen LogP contribution in [-0.4, -0.2) is 39.3 Å². The molecule has 0 saturated carbocycles. The number of hydrogen-bond acceptors (Lipinski definition) is 4. The summed E-state index contributed by atoms with van der Waals surface area (Å²) >= 11 is 0. The third kappa shape index (κ3) is 3.62. The molecule has 0 heterocycles. The van der Waals surface area contributed by atoms with Gasteiger partial charge >= 0.3 is 0 Å². The summed E-state index contributed by atoms with van der Waals surface area (Å²) in [5.74, 6) is 1.53. The topological polar surface area (TPSA) is 47.7 Å². The third-order valence-corrected chi connectivity index (χ3v) is 3.27. The van der Waals surface area contributed by atoms with E-state index < -0.39 is 0 Å². The molecule has 0 aliphatic carbocycles. The average molecular weight is 252 g/mol. The Morgan fingerprint density at radius 1 is 1.22 bits per heavy atom. The lowest BCUT2D eigenvalue weighted by Crippen LogP contribution is -2.25. The van der Waals surface area contributed by atoms with Gasteiger partial charge in [0, 0.05) is 6.04 Å². The fourth-order valence-electron chi connectivity index (χ4n) is 1.90. The Kier molecular flexibility index (Phi) is 5.95. The summed E-state index contributed by atoms with van der Waals surface area (Å²) in [7, 11) is 5.41. The standard InChI is InChI=1S/C14H24N2O2/c1-11(16(2)9-5-8-15)12-6-7-13(17-3)14(10-12)18-4/h6-7,10-11H,5,8-9,15H2,1-4H3. The van der Waals surface area contributed by atoms with Gasteiger partial charge in [0.2, 0.25) is 0 Å². The van der Waals surface area contributed by atoms with Gasteiger partial charge in [0.15, 0.2) is 11.5 Å². The zero-order chi connectivity index (χ0) is 13.5. The molecule has 1 rings (SSSR count). The Balaban J connectivity index is 2.82. The van der Waals surface area contributed by atoms with Gasteiger partial charge in [-0.15, -0.1) is 0 Å². The van der Waals surface area contributed by atoms with Gasteiger partial charge < -0.3 is 15.2 Å². The molecule has 1 aromatic carbocycles. The quantitative estimate of drug-likeness (QED) is 0.807. The second-order valence-electron chi connectivity index (χ2n) is 4.41. The predicted octanol–water partition coefficient (Wildman–Crippen LogP) is 2.05. The number of ether oxygens (including phenoxy) is 2. The molecule has 0 spiro atoms. The molecule has 18 heavy (non-hydrogen) atoms. The number of methoxy groups -OCH3 is 2. The molecule has 1 aromatic rings. The van der Waals surface area contributed by atoms with E-state index in [9.17, 15) is 0 Å². The molecule has 0 saturated heterocycles. The summed E-state index contributed by atoms with van der Waals surface area (Å²) in [6.07, 6.45) is 1.01. The normalized spacial score (nSPS) is 12.6. The smallest absolute Gasteiger partial charge is 0.161 e. The Morgan fingerprint density at radius 3 is 2.44 bits per heavy atom. The van der Waals surface area contributed by atoms with Crippen LogP contribution in [0.3, 0.4) is 0 Å². The van der Waals surface area contributed by atoms with Crippen molar-refractivity contribution in [2.75, 3.05) is 34.4 Å². The van der Waals surface area contributed by atoms with E-state index in [0.717, 1.165) is 31.0 Å². The van der Waals surface area contributed by atoms with Gasteiger partial charge in [0.1, 0.15) is 0 Å². The van der Waals surface area contributed by atoms with Crippen molar-refractivity contribution in [1.29, 1.82) is 0 Å². The third-order valence-electron chi connectivity index (χ3n) is 3.27. The van der Waals surface area contributed by atoms with Crippen LogP contribution in [0.2, 0.25) is 0 Å². The lowest BCUT2D eigenvalue weighted by Gasteiger charge is -2.25. The van der Waals surface area contributed by atoms with Gasteiger partial charge in [-0.3, -0.25) is 4.90 Å². The SMILES string of the molecule is COc1ccc(C(C)N(C)CCCN)cc1OC. The van der Waals surface area contributed by atoms with Crippen LogP contribution in [0.4, 0.5) is 0 Å². The van der Waals surface area contributed by atoms with Crippen molar-refractivity contribution in [2.45, 2.75) is 19.4 Å². The van der Waals surface area contributed by atoms with Gasteiger partial charge in [0.05, 0.1) is 14.2 Å². The molecular formula is C14H24N2O2. The van der Waals surface area contributed by atoms with Gasteiger partial charge in [-0.1, -0.05) is 6.07 Å². The zero-order valence-electron chi connectivity index (χ0n) is 11.8. The van der Waals surface area contributed by atoms with Gasteiger partial charge in [0.25, 0.3) is 0 Å². The summed E-state index contributed by atoms with van der Waals surface area (Å²) in [4.78, 5) is 2.29. The zero-order valence-corrected chi connectivity index (χ0v) is 11.8. The first-order valence-electron chi connectivity index (χ1n) is 6.26. The van der Waals surface area contributed by atoms with Crippen LogP contribution in [0.25, 0.3) is 0 Å². The van der Waals surface area contributed by atoms with Crippen LogP contribution < -0.4 is 15.2 Å². The van der Waals surface area contributed by atoms with Gasteiger partial charge in [-0.05, 0) is 51.2 Å². The monoisotopic (exact) mass is 252 g/mol. The highest BCUT2D eigenvalue weighted by molar-refractivity contribution is 5.43. The van der Waals surface area contributed by atoms with Crippen LogP contribution in [-0.2, 0) is 0 Å². The molecule has 0 amide bonds. The Hall–Kier alpha value is -1.26. The lowest BCUT2D eigenvalue weighted by atomic mass is 10.1. The van der Waals surface area contributed by atoms with Crippen molar-refractivity contribution in [2.24, 2.45) is 5.73 Å². The van der Waals surface area contributed by atoms with E-state index >= 15 is 0 Å². The van der Waals surface area contributed by atoms with E-state index in [1.165, 1.54) is 5.56 Å². The summed E-state index contributed by atoms with van der Waals surface area (Å²) in [5, 5.41) is 0. The minimum atomic E-state index is 0.330. The average Bonchev–Trinajstić information content (AvgIpc) is 2.42. The minimum absolute atomic E-state index is 0.330. The maximum absolute atomic E-state index is 5.54. The molecule has 4 heteroatoms. The lowest BCUT2D eigenvalue weighted by molar-refractivity contribution is 0.259. The van der Waals surface area contributed by atoms with Crippen LogP contribution >= 0.6 is 0 Å². The molecule has 1 unspecified atom stereocenters. The Bertz CT molecular complexity index is 369. The maximum Gasteiger partial charge on any atom is 0.161 e. The number of nitrogens with two attached hydrogens (primary N) is 1. The van der Waals surface area contributed by atoms with Crippen LogP contribution in [0, 0.1) is 0 Å². The van der Waals surface area contributed by atoms with Crippen molar-refractivity contribution >= 4 is 0 Å². The molecule has 1 atom stereocenters. The van der Waals surface area contributed by atoms with Gasteiger partial charge in [-0.25, -0.2) is 0 Å². The highest BCUT2D eigenvalue weighted by Gasteiger charge is 2.13. The van der Waals surface area contributed by atoms with E-state index in [0.29, 0.717) is 6.04 Å². The molecule has 0 radical (unpaired) electrons. The largest absolute Gasteiger partial charge is 0.493 e. The first kappa shape index (κ1) is 14.8. The fourth-order valence-corrected chi connectivity index (χ4v) is 1.90. The number of rotatable bonds is 7.